The van der Waals surface area contributed by atoms with E-state index in [2.05, 4.69) is 20.4 Å². The zero-order valence-corrected chi connectivity index (χ0v) is 13.2. The van der Waals surface area contributed by atoms with E-state index in [1.54, 1.807) is 12.1 Å². The SMILES string of the molecule is CCNC(=NCc1ccc(F)cc1)NCCCCC(=O)OC. The average molecular weight is 309 g/mol. The molecule has 1 aromatic carbocycles. The Balaban J connectivity index is 2.35. The number of carbonyl (C=O) groups excluding carboxylic acids is 1. The number of rotatable bonds is 8. The molecule has 0 heterocycles. The number of esters is 1. The van der Waals surface area contributed by atoms with Crippen molar-refractivity contribution in [3.8, 4) is 0 Å². The number of benzene rings is 1. The van der Waals surface area contributed by atoms with Crippen LogP contribution in [0.15, 0.2) is 29.3 Å². The summed E-state index contributed by atoms with van der Waals surface area (Å²) in [5, 5.41) is 6.36. The van der Waals surface area contributed by atoms with Gasteiger partial charge in [0.15, 0.2) is 5.96 Å². The number of guanidine groups is 1. The number of hydrogen-bond donors (Lipinski definition) is 2. The molecule has 5 nitrogen and oxygen atoms in total. The van der Waals surface area contributed by atoms with Crippen LogP contribution in [0.4, 0.5) is 4.39 Å². The maximum absolute atomic E-state index is 12.8. The largest absolute Gasteiger partial charge is 0.469 e. The predicted molar refractivity (Wildman–Crippen MR) is 85.1 cm³/mol. The van der Waals surface area contributed by atoms with Gasteiger partial charge in [-0.25, -0.2) is 9.38 Å². The molecule has 0 radical (unpaired) electrons. The molecule has 0 aliphatic rings. The van der Waals surface area contributed by atoms with Gasteiger partial charge >= 0.3 is 5.97 Å². The molecule has 0 spiro atoms. The Morgan fingerprint density at radius 2 is 1.95 bits per heavy atom. The normalized spacial score (nSPS) is 11.1. The van der Waals surface area contributed by atoms with Gasteiger partial charge in [-0.1, -0.05) is 12.1 Å². The minimum absolute atomic E-state index is 0.183. The third kappa shape index (κ3) is 7.61. The first kappa shape index (κ1) is 17.9. The van der Waals surface area contributed by atoms with Crippen LogP contribution >= 0.6 is 0 Å². The molecule has 0 saturated carbocycles. The Labute approximate surface area is 131 Å². The number of carbonyl (C=O) groups is 1. The van der Waals surface area contributed by atoms with Crippen LogP contribution in [0, 0.1) is 5.82 Å². The Bertz CT molecular complexity index is 475. The average Bonchev–Trinajstić information content (AvgIpc) is 2.53. The second-order valence-corrected chi connectivity index (χ2v) is 4.78. The van der Waals surface area contributed by atoms with E-state index < -0.39 is 0 Å². The first-order valence-corrected chi connectivity index (χ1v) is 7.49. The van der Waals surface area contributed by atoms with Crippen molar-refractivity contribution in [1.82, 2.24) is 10.6 Å². The first-order chi connectivity index (χ1) is 10.7. The van der Waals surface area contributed by atoms with E-state index >= 15 is 0 Å². The summed E-state index contributed by atoms with van der Waals surface area (Å²) in [4.78, 5) is 15.4. The summed E-state index contributed by atoms with van der Waals surface area (Å²) >= 11 is 0. The second kappa shape index (κ2) is 10.6. The molecule has 0 atom stereocenters. The van der Waals surface area contributed by atoms with Crippen LogP contribution in [0.3, 0.4) is 0 Å². The maximum atomic E-state index is 12.8. The van der Waals surface area contributed by atoms with Crippen LogP contribution in [-0.2, 0) is 16.1 Å². The highest BCUT2D eigenvalue weighted by Crippen LogP contribution is 2.03. The molecule has 6 heteroatoms. The number of halogens is 1. The standard InChI is InChI=1S/C16H24FN3O2/c1-3-18-16(19-11-5-4-6-15(21)22-2)20-12-13-7-9-14(17)10-8-13/h7-10H,3-6,11-12H2,1-2H3,(H2,18,19,20). The third-order valence-electron chi connectivity index (χ3n) is 3.01. The molecule has 0 bridgehead atoms. The molecule has 2 N–H and O–H groups in total. The lowest BCUT2D eigenvalue weighted by Crippen LogP contribution is -2.37. The van der Waals surface area contributed by atoms with Crippen LogP contribution in [-0.4, -0.2) is 32.1 Å². The van der Waals surface area contributed by atoms with Crippen LogP contribution in [0.2, 0.25) is 0 Å². The van der Waals surface area contributed by atoms with Gasteiger partial charge in [0, 0.05) is 19.5 Å². The second-order valence-electron chi connectivity index (χ2n) is 4.78. The zero-order valence-electron chi connectivity index (χ0n) is 13.2. The molecule has 0 amide bonds. The molecule has 0 fully saturated rings. The van der Waals surface area contributed by atoms with E-state index in [0.717, 1.165) is 31.5 Å². The van der Waals surface area contributed by atoms with Crippen LogP contribution in [0.5, 0.6) is 0 Å². The summed E-state index contributed by atoms with van der Waals surface area (Å²) < 4.78 is 17.4. The number of methoxy groups -OCH3 is 1. The van der Waals surface area contributed by atoms with E-state index in [0.29, 0.717) is 18.9 Å². The highest BCUT2D eigenvalue weighted by molar-refractivity contribution is 5.79. The van der Waals surface area contributed by atoms with Gasteiger partial charge < -0.3 is 15.4 Å². The number of unbranched alkanes of at least 4 members (excludes halogenated alkanes) is 1. The summed E-state index contributed by atoms with van der Waals surface area (Å²) in [6, 6.07) is 6.30. The maximum Gasteiger partial charge on any atom is 0.305 e. The molecule has 0 aliphatic heterocycles. The quantitative estimate of drug-likeness (QED) is 0.334. The summed E-state index contributed by atoms with van der Waals surface area (Å²) in [7, 11) is 1.39. The van der Waals surface area contributed by atoms with E-state index in [1.165, 1.54) is 19.2 Å². The van der Waals surface area contributed by atoms with E-state index in [4.69, 9.17) is 0 Å². The zero-order chi connectivity index (χ0) is 16.2. The van der Waals surface area contributed by atoms with Gasteiger partial charge in [-0.2, -0.15) is 0 Å². The molecule has 22 heavy (non-hydrogen) atoms. The third-order valence-corrected chi connectivity index (χ3v) is 3.01. The topological polar surface area (TPSA) is 62.7 Å². The summed E-state index contributed by atoms with van der Waals surface area (Å²) in [6.45, 7) is 3.97. The Morgan fingerprint density at radius 3 is 2.59 bits per heavy atom. The van der Waals surface area contributed by atoms with Crippen molar-refractivity contribution in [3.63, 3.8) is 0 Å². The lowest BCUT2D eigenvalue weighted by Gasteiger charge is -2.11. The van der Waals surface area contributed by atoms with E-state index in [1.807, 2.05) is 6.92 Å². The van der Waals surface area contributed by atoms with Crippen LogP contribution in [0.25, 0.3) is 0 Å². The van der Waals surface area contributed by atoms with Gasteiger partial charge in [-0.05, 0) is 37.5 Å². The van der Waals surface area contributed by atoms with Gasteiger partial charge in [0.05, 0.1) is 13.7 Å². The van der Waals surface area contributed by atoms with Crippen molar-refractivity contribution >= 4 is 11.9 Å². The molecule has 0 aromatic heterocycles. The fourth-order valence-electron chi connectivity index (χ4n) is 1.81. The van der Waals surface area contributed by atoms with Gasteiger partial charge in [0.1, 0.15) is 5.82 Å². The molecule has 0 saturated heterocycles. The number of aliphatic imine (C=N–C) groups is 1. The van der Waals surface area contributed by atoms with Gasteiger partial charge in [0.25, 0.3) is 0 Å². The highest BCUT2D eigenvalue weighted by Gasteiger charge is 2.01. The van der Waals surface area contributed by atoms with Gasteiger partial charge in [-0.15, -0.1) is 0 Å². The first-order valence-electron chi connectivity index (χ1n) is 7.49. The molecule has 1 rings (SSSR count). The van der Waals surface area contributed by atoms with Crippen molar-refractivity contribution in [3.05, 3.63) is 35.6 Å². The summed E-state index contributed by atoms with van der Waals surface area (Å²) in [5.41, 5.74) is 0.948. The fourth-order valence-corrected chi connectivity index (χ4v) is 1.81. The minimum atomic E-state index is -0.247. The molecule has 0 unspecified atom stereocenters. The summed E-state index contributed by atoms with van der Waals surface area (Å²) in [6.07, 6.45) is 2.06. The van der Waals surface area contributed by atoms with Crippen molar-refractivity contribution in [2.45, 2.75) is 32.7 Å². The van der Waals surface area contributed by atoms with E-state index in [-0.39, 0.29) is 11.8 Å². The van der Waals surface area contributed by atoms with Crippen molar-refractivity contribution in [2.24, 2.45) is 4.99 Å². The smallest absolute Gasteiger partial charge is 0.305 e. The molecule has 122 valence electrons. The Hall–Kier alpha value is -2.11. The fraction of sp³-hybridized carbons (Fsp3) is 0.500. The molecule has 1 aromatic rings. The van der Waals surface area contributed by atoms with Crippen LogP contribution in [0.1, 0.15) is 31.7 Å². The lowest BCUT2D eigenvalue weighted by molar-refractivity contribution is -0.140. The number of nitrogens with one attached hydrogen (secondary N) is 2. The van der Waals surface area contributed by atoms with Crippen molar-refractivity contribution < 1.29 is 13.9 Å². The van der Waals surface area contributed by atoms with Crippen LogP contribution < -0.4 is 10.6 Å². The minimum Gasteiger partial charge on any atom is -0.469 e. The monoisotopic (exact) mass is 309 g/mol. The number of ether oxygens (including phenoxy) is 1. The van der Waals surface area contributed by atoms with Gasteiger partial charge in [-0.3, -0.25) is 4.79 Å². The summed E-state index contributed by atoms with van der Waals surface area (Å²) in [5.74, 6) is 0.283. The highest BCUT2D eigenvalue weighted by atomic mass is 19.1. The van der Waals surface area contributed by atoms with Gasteiger partial charge in [0.2, 0.25) is 0 Å². The Kier molecular flexibility index (Phi) is 8.64. The molecular formula is C16H24FN3O2. The predicted octanol–water partition coefficient (Wildman–Crippen LogP) is 2.22. The molecular weight excluding hydrogens is 285 g/mol. The number of hydrogen-bond acceptors (Lipinski definition) is 3. The molecule has 0 aliphatic carbocycles. The Morgan fingerprint density at radius 1 is 1.23 bits per heavy atom. The van der Waals surface area contributed by atoms with E-state index in [9.17, 15) is 9.18 Å². The van der Waals surface area contributed by atoms with Crippen molar-refractivity contribution in [1.29, 1.82) is 0 Å². The number of nitrogens with zero attached hydrogens (tertiary/aromatic N) is 1. The lowest BCUT2D eigenvalue weighted by atomic mass is 10.2. The van der Waals surface area contributed by atoms with Crippen molar-refractivity contribution in [2.75, 3.05) is 20.2 Å².